The van der Waals surface area contributed by atoms with Crippen LogP contribution in [0.2, 0.25) is 0 Å². The number of hydrogen-bond acceptors (Lipinski definition) is 4. The zero-order valence-corrected chi connectivity index (χ0v) is 13.0. The van der Waals surface area contributed by atoms with Crippen molar-refractivity contribution in [2.45, 2.75) is 25.9 Å². The molecule has 1 aromatic carbocycles. The van der Waals surface area contributed by atoms with Crippen molar-refractivity contribution in [2.75, 3.05) is 19.6 Å². The van der Waals surface area contributed by atoms with Crippen LogP contribution in [0.15, 0.2) is 33.9 Å². The van der Waals surface area contributed by atoms with Crippen LogP contribution in [0.5, 0.6) is 0 Å². The minimum Gasteiger partial charge on any atom is -0.337 e. The summed E-state index contributed by atoms with van der Waals surface area (Å²) >= 11 is 0. The molecule has 3 rings (SSSR count). The lowest BCUT2D eigenvalue weighted by atomic mass is 10.2. The van der Waals surface area contributed by atoms with Crippen molar-refractivity contribution in [3.63, 3.8) is 0 Å². The van der Waals surface area contributed by atoms with Crippen LogP contribution in [0.4, 0.5) is 0 Å². The van der Waals surface area contributed by atoms with E-state index in [4.69, 9.17) is 0 Å². The van der Waals surface area contributed by atoms with Crippen LogP contribution >= 0.6 is 0 Å². The topological polar surface area (TPSA) is 87.2 Å². The summed E-state index contributed by atoms with van der Waals surface area (Å²) in [6.07, 6.45) is 0.193. The summed E-state index contributed by atoms with van der Waals surface area (Å²) in [7, 11) is 0. The van der Waals surface area contributed by atoms with Gasteiger partial charge in [-0.25, -0.2) is 4.68 Å². The second kappa shape index (κ2) is 6.37. The predicted octanol–water partition coefficient (Wildman–Crippen LogP) is -0.0998. The predicted molar refractivity (Wildman–Crippen MR) is 87.5 cm³/mol. The number of piperazine rings is 1. The minimum atomic E-state index is -0.316. The number of aromatic amines is 1. The Labute approximate surface area is 132 Å². The number of amides is 1. The van der Waals surface area contributed by atoms with Crippen LogP contribution < -0.4 is 16.4 Å². The number of fused-ring (bicyclic) bond motifs is 1. The van der Waals surface area contributed by atoms with Gasteiger partial charge in [-0.15, -0.1) is 0 Å². The number of aryl methyl sites for hydroxylation is 1. The first kappa shape index (κ1) is 15.5. The van der Waals surface area contributed by atoms with E-state index < -0.39 is 0 Å². The third-order valence-corrected chi connectivity index (χ3v) is 4.25. The molecule has 0 spiro atoms. The average molecular weight is 316 g/mol. The van der Waals surface area contributed by atoms with Crippen LogP contribution in [-0.4, -0.2) is 46.3 Å². The SMILES string of the molecule is CC1CNCCN1C(=O)CCn1[nH]c(=O)c2ccccc2c1=O. The molecule has 7 nitrogen and oxygen atoms in total. The Bertz CT molecular complexity index is 839. The van der Waals surface area contributed by atoms with Gasteiger partial charge in [0.15, 0.2) is 0 Å². The van der Waals surface area contributed by atoms with Crippen molar-refractivity contribution in [3.05, 3.63) is 45.0 Å². The maximum absolute atomic E-state index is 12.4. The Morgan fingerprint density at radius 1 is 1.26 bits per heavy atom. The van der Waals surface area contributed by atoms with Crippen molar-refractivity contribution in [3.8, 4) is 0 Å². The van der Waals surface area contributed by atoms with E-state index in [9.17, 15) is 14.4 Å². The van der Waals surface area contributed by atoms with Gasteiger partial charge in [0.25, 0.3) is 11.1 Å². The molecule has 1 aliphatic heterocycles. The fourth-order valence-corrected chi connectivity index (χ4v) is 2.97. The van der Waals surface area contributed by atoms with E-state index in [2.05, 4.69) is 10.4 Å². The first-order valence-electron chi connectivity index (χ1n) is 7.80. The zero-order chi connectivity index (χ0) is 16.4. The van der Waals surface area contributed by atoms with Gasteiger partial charge in [0.2, 0.25) is 5.91 Å². The molecule has 1 unspecified atom stereocenters. The highest BCUT2D eigenvalue weighted by atomic mass is 16.2. The van der Waals surface area contributed by atoms with E-state index in [0.717, 1.165) is 13.1 Å². The van der Waals surface area contributed by atoms with E-state index in [-0.39, 0.29) is 36.0 Å². The molecule has 0 saturated carbocycles. The zero-order valence-electron chi connectivity index (χ0n) is 13.0. The molecule has 1 saturated heterocycles. The van der Waals surface area contributed by atoms with Gasteiger partial charge < -0.3 is 10.2 Å². The maximum atomic E-state index is 12.4. The van der Waals surface area contributed by atoms with Gasteiger partial charge in [0, 0.05) is 32.1 Å². The monoisotopic (exact) mass is 316 g/mol. The minimum absolute atomic E-state index is 0.0000856. The molecule has 1 aliphatic rings. The summed E-state index contributed by atoms with van der Waals surface area (Å²) in [5.74, 6) is -0.0000856. The molecule has 1 fully saturated rings. The third kappa shape index (κ3) is 3.05. The summed E-state index contributed by atoms with van der Waals surface area (Å²) in [6.45, 7) is 4.40. The second-order valence-electron chi connectivity index (χ2n) is 5.83. The number of nitrogens with zero attached hydrogens (tertiary/aromatic N) is 2. The Morgan fingerprint density at radius 3 is 2.74 bits per heavy atom. The molecular formula is C16H20N4O3. The lowest BCUT2D eigenvalue weighted by molar-refractivity contribution is -0.134. The quantitative estimate of drug-likeness (QED) is 0.828. The van der Waals surface area contributed by atoms with Crippen LogP contribution in [0.25, 0.3) is 10.8 Å². The largest absolute Gasteiger partial charge is 0.337 e. The van der Waals surface area contributed by atoms with Crippen LogP contribution in [0, 0.1) is 0 Å². The van der Waals surface area contributed by atoms with Gasteiger partial charge in [0.1, 0.15) is 0 Å². The van der Waals surface area contributed by atoms with Crippen molar-refractivity contribution in [2.24, 2.45) is 0 Å². The molecule has 2 heterocycles. The van der Waals surface area contributed by atoms with E-state index in [1.807, 2.05) is 11.8 Å². The summed E-state index contributed by atoms with van der Waals surface area (Å²) in [4.78, 5) is 38.6. The van der Waals surface area contributed by atoms with Crippen molar-refractivity contribution < 1.29 is 4.79 Å². The highest BCUT2D eigenvalue weighted by molar-refractivity contribution is 5.80. The first-order valence-corrected chi connectivity index (χ1v) is 7.80. The molecule has 2 N–H and O–H groups in total. The average Bonchev–Trinajstić information content (AvgIpc) is 2.57. The van der Waals surface area contributed by atoms with Gasteiger partial charge in [-0.3, -0.25) is 19.5 Å². The van der Waals surface area contributed by atoms with Crippen molar-refractivity contribution in [1.82, 2.24) is 20.0 Å². The number of carbonyl (C=O) groups excluding carboxylic acids is 1. The van der Waals surface area contributed by atoms with Gasteiger partial charge in [-0.2, -0.15) is 0 Å². The highest BCUT2D eigenvalue weighted by Crippen LogP contribution is 2.06. The van der Waals surface area contributed by atoms with Gasteiger partial charge in [-0.05, 0) is 19.1 Å². The molecular weight excluding hydrogens is 296 g/mol. The third-order valence-electron chi connectivity index (χ3n) is 4.25. The summed E-state index contributed by atoms with van der Waals surface area (Å²) in [5.41, 5.74) is -0.593. The van der Waals surface area contributed by atoms with E-state index >= 15 is 0 Å². The smallest absolute Gasteiger partial charge is 0.273 e. The highest BCUT2D eigenvalue weighted by Gasteiger charge is 2.22. The van der Waals surface area contributed by atoms with Crippen LogP contribution in [0.3, 0.4) is 0 Å². The van der Waals surface area contributed by atoms with Crippen molar-refractivity contribution >= 4 is 16.7 Å². The first-order chi connectivity index (χ1) is 11.1. The molecule has 122 valence electrons. The lowest BCUT2D eigenvalue weighted by Crippen LogP contribution is -2.52. The van der Waals surface area contributed by atoms with E-state index in [1.165, 1.54) is 4.68 Å². The molecule has 1 aromatic heterocycles. The van der Waals surface area contributed by atoms with Gasteiger partial charge in [-0.1, -0.05) is 12.1 Å². The van der Waals surface area contributed by atoms with E-state index in [0.29, 0.717) is 17.3 Å². The number of aromatic nitrogens is 2. The Kier molecular flexibility index (Phi) is 4.29. The maximum Gasteiger partial charge on any atom is 0.273 e. The van der Waals surface area contributed by atoms with Crippen LogP contribution in [0.1, 0.15) is 13.3 Å². The summed E-state index contributed by atoms with van der Waals surface area (Å²) < 4.78 is 1.23. The number of H-pyrrole nitrogens is 1. The Morgan fingerprint density at radius 2 is 2.00 bits per heavy atom. The number of carbonyl (C=O) groups is 1. The van der Waals surface area contributed by atoms with Crippen LogP contribution in [-0.2, 0) is 11.3 Å². The molecule has 1 amide bonds. The molecule has 2 aromatic rings. The standard InChI is InChI=1S/C16H20N4O3/c1-11-10-17-7-9-19(11)14(21)6-8-20-16(23)13-5-3-2-4-12(13)15(22)18-20/h2-5,11,17H,6-10H2,1H3,(H,18,22). The van der Waals surface area contributed by atoms with Crippen molar-refractivity contribution in [1.29, 1.82) is 0 Å². The molecule has 0 radical (unpaired) electrons. The Balaban J connectivity index is 1.80. The number of nitrogens with one attached hydrogen (secondary N) is 2. The fourth-order valence-electron chi connectivity index (χ4n) is 2.97. The molecule has 23 heavy (non-hydrogen) atoms. The lowest BCUT2D eigenvalue weighted by Gasteiger charge is -2.34. The number of rotatable bonds is 3. The Hall–Kier alpha value is -2.41. The molecule has 7 heteroatoms. The number of hydrogen-bond donors (Lipinski definition) is 2. The summed E-state index contributed by atoms with van der Waals surface area (Å²) in [6, 6.07) is 6.83. The van der Waals surface area contributed by atoms with E-state index in [1.54, 1.807) is 24.3 Å². The fraction of sp³-hybridized carbons (Fsp3) is 0.438. The second-order valence-corrected chi connectivity index (χ2v) is 5.83. The van der Waals surface area contributed by atoms with Gasteiger partial charge >= 0.3 is 0 Å². The normalized spacial score (nSPS) is 18.3. The number of benzene rings is 1. The summed E-state index contributed by atoms with van der Waals surface area (Å²) in [5, 5.41) is 6.53. The molecule has 1 atom stereocenters. The van der Waals surface area contributed by atoms with Gasteiger partial charge in [0.05, 0.1) is 17.3 Å². The molecule has 0 bridgehead atoms. The molecule has 0 aliphatic carbocycles.